The van der Waals surface area contributed by atoms with E-state index in [0.29, 0.717) is 11.4 Å². The number of aliphatic hydroxyl groups is 1. The summed E-state index contributed by atoms with van der Waals surface area (Å²) in [7, 11) is 1.41. The standard InChI is InChI=1S/C14H18FN3O2/c1-14(2,3)13-11(8-19)16-17-18(13)9-5-6-12(20-4)10(15)7-9/h5-7,19H,8H2,1-4H3. The largest absolute Gasteiger partial charge is 0.494 e. The minimum atomic E-state index is -0.467. The molecule has 1 N–H and O–H groups in total. The number of aliphatic hydroxyl groups excluding tert-OH is 1. The Bertz CT molecular complexity index is 617. The average molecular weight is 279 g/mol. The normalized spacial score (nSPS) is 11.7. The van der Waals surface area contributed by atoms with Crippen molar-refractivity contribution in [3.8, 4) is 11.4 Å². The van der Waals surface area contributed by atoms with Crippen molar-refractivity contribution < 1.29 is 14.2 Å². The molecular formula is C14H18FN3O2. The minimum Gasteiger partial charge on any atom is -0.494 e. The van der Waals surface area contributed by atoms with E-state index >= 15 is 0 Å². The molecule has 2 rings (SSSR count). The van der Waals surface area contributed by atoms with E-state index in [-0.39, 0.29) is 17.8 Å². The summed E-state index contributed by atoms with van der Waals surface area (Å²) in [6.07, 6.45) is 0. The molecular weight excluding hydrogens is 261 g/mol. The predicted molar refractivity (Wildman–Crippen MR) is 72.5 cm³/mol. The Labute approximate surface area is 117 Å². The summed E-state index contributed by atoms with van der Waals surface area (Å²) in [5.41, 5.74) is 1.51. The van der Waals surface area contributed by atoms with Crippen LogP contribution in [0.15, 0.2) is 18.2 Å². The van der Waals surface area contributed by atoms with Crippen LogP contribution in [0.1, 0.15) is 32.2 Å². The summed E-state index contributed by atoms with van der Waals surface area (Å²) in [4.78, 5) is 0. The molecule has 1 heterocycles. The molecule has 1 aromatic carbocycles. The maximum absolute atomic E-state index is 13.8. The van der Waals surface area contributed by atoms with Crippen LogP contribution in [0.2, 0.25) is 0 Å². The Morgan fingerprint density at radius 3 is 2.55 bits per heavy atom. The Kier molecular flexibility index (Phi) is 3.76. The smallest absolute Gasteiger partial charge is 0.167 e. The molecule has 0 atom stereocenters. The molecule has 108 valence electrons. The van der Waals surface area contributed by atoms with E-state index in [2.05, 4.69) is 10.3 Å². The third kappa shape index (κ3) is 2.51. The van der Waals surface area contributed by atoms with Crippen molar-refractivity contribution in [2.75, 3.05) is 7.11 Å². The second-order valence-corrected chi connectivity index (χ2v) is 5.52. The minimum absolute atomic E-state index is 0.175. The summed E-state index contributed by atoms with van der Waals surface area (Å²) in [6, 6.07) is 4.58. The van der Waals surface area contributed by atoms with Crippen LogP contribution in [0.5, 0.6) is 5.75 Å². The highest BCUT2D eigenvalue weighted by molar-refractivity contribution is 5.40. The van der Waals surface area contributed by atoms with Gasteiger partial charge in [-0.25, -0.2) is 9.07 Å². The molecule has 0 aliphatic rings. The van der Waals surface area contributed by atoms with E-state index in [1.807, 2.05) is 20.8 Å². The van der Waals surface area contributed by atoms with E-state index in [1.54, 1.807) is 10.7 Å². The highest BCUT2D eigenvalue weighted by atomic mass is 19.1. The summed E-state index contributed by atoms with van der Waals surface area (Å²) < 4.78 is 20.3. The van der Waals surface area contributed by atoms with Crippen molar-refractivity contribution in [1.29, 1.82) is 0 Å². The fraction of sp³-hybridized carbons (Fsp3) is 0.429. The van der Waals surface area contributed by atoms with Gasteiger partial charge < -0.3 is 9.84 Å². The van der Waals surface area contributed by atoms with Crippen LogP contribution in [0.25, 0.3) is 5.69 Å². The van der Waals surface area contributed by atoms with Crippen LogP contribution in [0, 0.1) is 5.82 Å². The second-order valence-electron chi connectivity index (χ2n) is 5.52. The number of hydrogen-bond acceptors (Lipinski definition) is 4. The fourth-order valence-corrected chi connectivity index (χ4v) is 2.14. The van der Waals surface area contributed by atoms with Crippen molar-refractivity contribution in [3.63, 3.8) is 0 Å². The summed E-state index contributed by atoms with van der Waals surface area (Å²) in [6.45, 7) is 5.76. The van der Waals surface area contributed by atoms with Crippen LogP contribution in [-0.2, 0) is 12.0 Å². The van der Waals surface area contributed by atoms with E-state index in [4.69, 9.17) is 4.74 Å². The lowest BCUT2D eigenvalue weighted by Gasteiger charge is -2.21. The fourth-order valence-electron chi connectivity index (χ4n) is 2.14. The summed E-state index contributed by atoms with van der Waals surface area (Å²) in [5, 5.41) is 17.3. The molecule has 5 nitrogen and oxygen atoms in total. The van der Waals surface area contributed by atoms with Crippen LogP contribution < -0.4 is 4.74 Å². The molecule has 0 radical (unpaired) electrons. The molecule has 0 spiro atoms. The lowest BCUT2D eigenvalue weighted by Crippen LogP contribution is -2.19. The molecule has 0 unspecified atom stereocenters. The van der Waals surface area contributed by atoms with Gasteiger partial charge >= 0.3 is 0 Å². The first-order valence-electron chi connectivity index (χ1n) is 6.28. The van der Waals surface area contributed by atoms with Crippen molar-refractivity contribution in [2.24, 2.45) is 0 Å². The van der Waals surface area contributed by atoms with E-state index < -0.39 is 5.82 Å². The number of aromatic nitrogens is 3. The van der Waals surface area contributed by atoms with Crippen molar-refractivity contribution in [3.05, 3.63) is 35.4 Å². The quantitative estimate of drug-likeness (QED) is 0.935. The molecule has 20 heavy (non-hydrogen) atoms. The van der Waals surface area contributed by atoms with E-state index in [9.17, 15) is 9.50 Å². The second kappa shape index (κ2) is 5.20. The SMILES string of the molecule is COc1ccc(-n2nnc(CO)c2C(C)(C)C)cc1F. The van der Waals surface area contributed by atoms with Gasteiger partial charge in [0.05, 0.1) is 25.1 Å². The van der Waals surface area contributed by atoms with Crippen molar-refractivity contribution in [1.82, 2.24) is 15.0 Å². The highest BCUT2D eigenvalue weighted by Crippen LogP contribution is 2.28. The summed E-state index contributed by atoms with van der Waals surface area (Å²) >= 11 is 0. The molecule has 0 aliphatic carbocycles. The number of benzene rings is 1. The Balaban J connectivity index is 2.59. The summed E-state index contributed by atoms with van der Waals surface area (Å²) in [5.74, 6) is -0.292. The molecule has 6 heteroatoms. The Hall–Kier alpha value is -1.95. The maximum Gasteiger partial charge on any atom is 0.167 e. The van der Waals surface area contributed by atoms with Crippen molar-refractivity contribution in [2.45, 2.75) is 32.8 Å². The zero-order valence-corrected chi connectivity index (χ0v) is 12.0. The molecule has 0 amide bonds. The first-order chi connectivity index (χ1) is 9.38. The molecule has 0 saturated carbocycles. The molecule has 1 aromatic heterocycles. The number of halogens is 1. The Morgan fingerprint density at radius 1 is 1.35 bits per heavy atom. The zero-order chi connectivity index (χ0) is 14.9. The van der Waals surface area contributed by atoms with E-state index in [0.717, 1.165) is 5.69 Å². The third-order valence-electron chi connectivity index (χ3n) is 2.98. The van der Waals surface area contributed by atoms with Crippen LogP contribution in [-0.4, -0.2) is 27.2 Å². The van der Waals surface area contributed by atoms with Gasteiger partial charge in [0.15, 0.2) is 11.6 Å². The van der Waals surface area contributed by atoms with Gasteiger partial charge in [-0.05, 0) is 12.1 Å². The van der Waals surface area contributed by atoms with Gasteiger partial charge in [-0.2, -0.15) is 0 Å². The Morgan fingerprint density at radius 2 is 2.05 bits per heavy atom. The van der Waals surface area contributed by atoms with Gasteiger partial charge in [0.2, 0.25) is 0 Å². The maximum atomic E-state index is 13.8. The number of ether oxygens (including phenoxy) is 1. The lowest BCUT2D eigenvalue weighted by molar-refractivity contribution is 0.273. The number of hydrogen-bond donors (Lipinski definition) is 1. The number of nitrogens with zero attached hydrogens (tertiary/aromatic N) is 3. The van der Waals surface area contributed by atoms with Gasteiger partial charge in [0.25, 0.3) is 0 Å². The predicted octanol–water partition coefficient (Wildman–Crippen LogP) is 2.20. The monoisotopic (exact) mass is 279 g/mol. The van der Waals surface area contributed by atoms with E-state index in [1.165, 1.54) is 19.2 Å². The van der Waals surface area contributed by atoms with Gasteiger partial charge in [0, 0.05) is 11.5 Å². The molecule has 0 aliphatic heterocycles. The van der Waals surface area contributed by atoms with Gasteiger partial charge in [-0.15, -0.1) is 5.10 Å². The lowest BCUT2D eigenvalue weighted by atomic mass is 9.90. The number of methoxy groups -OCH3 is 1. The first-order valence-corrected chi connectivity index (χ1v) is 6.28. The molecule has 0 bridgehead atoms. The van der Waals surface area contributed by atoms with Gasteiger partial charge in [0.1, 0.15) is 5.69 Å². The van der Waals surface area contributed by atoms with Gasteiger partial charge in [-0.3, -0.25) is 0 Å². The van der Waals surface area contributed by atoms with Gasteiger partial charge in [-0.1, -0.05) is 26.0 Å². The van der Waals surface area contributed by atoms with Crippen LogP contribution in [0.3, 0.4) is 0 Å². The highest BCUT2D eigenvalue weighted by Gasteiger charge is 2.26. The first kappa shape index (κ1) is 14.5. The molecule has 0 fully saturated rings. The molecule has 2 aromatic rings. The molecule has 0 saturated heterocycles. The van der Waals surface area contributed by atoms with Crippen molar-refractivity contribution >= 4 is 0 Å². The third-order valence-corrected chi connectivity index (χ3v) is 2.98. The zero-order valence-electron chi connectivity index (χ0n) is 12.0. The average Bonchev–Trinajstić information content (AvgIpc) is 2.82. The van der Waals surface area contributed by atoms with Crippen LogP contribution in [0.4, 0.5) is 4.39 Å². The van der Waals surface area contributed by atoms with Crippen LogP contribution >= 0.6 is 0 Å². The number of rotatable bonds is 3. The topological polar surface area (TPSA) is 60.2 Å².